The Morgan fingerprint density at radius 1 is 1.28 bits per heavy atom. The van der Waals surface area contributed by atoms with Crippen molar-refractivity contribution in [1.29, 1.82) is 0 Å². The molecule has 11 heteroatoms. The number of carboxylic acid groups (broad SMARTS) is 4. The molecular formula is C14H21CuNO9. The van der Waals surface area contributed by atoms with E-state index in [1.807, 2.05) is 6.92 Å². The van der Waals surface area contributed by atoms with E-state index >= 15 is 0 Å². The van der Waals surface area contributed by atoms with Crippen LogP contribution >= 0.6 is 0 Å². The Kier molecular flexibility index (Phi) is 22.2. The van der Waals surface area contributed by atoms with Crippen LogP contribution in [0.3, 0.4) is 0 Å². The quantitative estimate of drug-likeness (QED) is 0.276. The van der Waals surface area contributed by atoms with E-state index in [9.17, 15) is 9.59 Å². The van der Waals surface area contributed by atoms with Crippen molar-refractivity contribution < 1.29 is 61.8 Å². The molecule has 1 aliphatic carbocycles. The molecule has 25 heavy (non-hydrogen) atoms. The molecule has 10 nitrogen and oxygen atoms in total. The zero-order chi connectivity index (χ0) is 19.8. The molecule has 2 unspecified atom stereocenters. The second-order valence-corrected chi connectivity index (χ2v) is 4.29. The van der Waals surface area contributed by atoms with E-state index < -0.39 is 36.3 Å². The van der Waals surface area contributed by atoms with Crippen LogP contribution in [-0.4, -0.2) is 52.3 Å². The summed E-state index contributed by atoms with van der Waals surface area (Å²) in [5, 5.41) is 42.0. The largest absolute Gasteiger partial charge is 2.00 e. The number of carboxylic acids is 2. The Labute approximate surface area is 155 Å². The second kappa shape index (κ2) is 18.1. The molecule has 1 rings (SSSR count). The van der Waals surface area contributed by atoms with Gasteiger partial charge >= 0.3 is 29.0 Å². The number of hydrogen-bond acceptors (Lipinski definition) is 8. The predicted molar refractivity (Wildman–Crippen MR) is 78.1 cm³/mol. The SMILES string of the molecule is CC1(N)C(C(=O)O)=CC=CC1C(=O)O.CCCO.O=C[O-].O=C[O-].[Cu+2]. The first-order chi connectivity index (χ1) is 11.1. The van der Waals surface area contributed by atoms with Crippen molar-refractivity contribution in [3.63, 3.8) is 0 Å². The molecule has 0 fully saturated rings. The molecule has 1 aliphatic rings. The molecule has 1 radical (unpaired) electrons. The third-order valence-corrected chi connectivity index (χ3v) is 2.51. The average molecular weight is 411 g/mol. The van der Waals surface area contributed by atoms with Crippen LogP contribution in [-0.2, 0) is 36.2 Å². The summed E-state index contributed by atoms with van der Waals surface area (Å²) in [4.78, 5) is 38.0. The van der Waals surface area contributed by atoms with E-state index in [1.54, 1.807) is 0 Å². The van der Waals surface area contributed by atoms with Crippen molar-refractivity contribution >= 4 is 24.9 Å². The summed E-state index contributed by atoms with van der Waals surface area (Å²) in [6.45, 7) is 2.65. The Bertz CT molecular complexity index is 453. The first kappa shape index (κ1) is 30.7. The minimum Gasteiger partial charge on any atom is -0.554 e. The van der Waals surface area contributed by atoms with Crippen molar-refractivity contribution in [3.05, 3.63) is 23.8 Å². The van der Waals surface area contributed by atoms with Gasteiger partial charge in [0.25, 0.3) is 0 Å². The minimum atomic E-state index is -1.37. The minimum absolute atomic E-state index is 0. The van der Waals surface area contributed by atoms with E-state index in [2.05, 4.69) is 0 Å². The molecule has 0 aliphatic heterocycles. The Morgan fingerprint density at radius 2 is 1.64 bits per heavy atom. The number of aliphatic carboxylic acids is 2. The third kappa shape index (κ3) is 13.9. The van der Waals surface area contributed by atoms with E-state index in [0.29, 0.717) is 6.61 Å². The first-order valence-electron chi connectivity index (χ1n) is 6.48. The standard InChI is InChI=1S/C9H11NO4.C3H8O.2CH2O2.Cu/c1-9(10)5(7(11)12)3-2-4-6(9)8(13)14;1-2-3-4;2*2-1-3;/h2-5H,10H2,1H3,(H,11,12)(H,13,14);4H,2-3H2,1H3;2*1H,(H,2,3);/q;;;;+2/p-2. The molecule has 0 heterocycles. The zero-order valence-electron chi connectivity index (χ0n) is 13.5. The number of carbonyl (C=O) groups is 4. The van der Waals surface area contributed by atoms with Gasteiger partial charge in [-0.15, -0.1) is 0 Å². The average Bonchev–Trinajstić information content (AvgIpc) is 2.47. The molecule has 0 spiro atoms. The van der Waals surface area contributed by atoms with Crippen LogP contribution in [0.15, 0.2) is 23.8 Å². The summed E-state index contributed by atoms with van der Waals surface area (Å²) in [7, 11) is 0. The van der Waals surface area contributed by atoms with Gasteiger partial charge in [0.15, 0.2) is 0 Å². The summed E-state index contributed by atoms with van der Waals surface area (Å²) in [6, 6.07) is 0. The van der Waals surface area contributed by atoms with Crippen molar-refractivity contribution in [3.8, 4) is 0 Å². The van der Waals surface area contributed by atoms with E-state index in [-0.39, 0.29) is 22.6 Å². The van der Waals surface area contributed by atoms with Crippen LogP contribution in [0.5, 0.6) is 0 Å². The molecule has 0 aromatic heterocycles. The third-order valence-electron chi connectivity index (χ3n) is 2.51. The van der Waals surface area contributed by atoms with Crippen LogP contribution in [0.4, 0.5) is 0 Å². The van der Waals surface area contributed by atoms with Gasteiger partial charge in [0.1, 0.15) is 0 Å². The van der Waals surface area contributed by atoms with Gasteiger partial charge in [-0.05, 0) is 13.3 Å². The van der Waals surface area contributed by atoms with Crippen molar-refractivity contribution in [2.24, 2.45) is 11.7 Å². The van der Waals surface area contributed by atoms with E-state index in [0.717, 1.165) is 6.42 Å². The molecule has 0 amide bonds. The number of aliphatic hydroxyl groups is 1. The fraction of sp³-hybridized carbons (Fsp3) is 0.429. The summed E-state index contributed by atoms with van der Waals surface area (Å²) in [5.74, 6) is -3.32. The molecule has 147 valence electrons. The van der Waals surface area contributed by atoms with Crippen LogP contribution < -0.4 is 15.9 Å². The van der Waals surface area contributed by atoms with Crippen molar-refractivity contribution in [2.45, 2.75) is 25.8 Å². The molecule has 0 bridgehead atoms. The second-order valence-electron chi connectivity index (χ2n) is 4.29. The Hall–Kier alpha value is -2.20. The molecule has 0 aromatic rings. The molecule has 0 aromatic carbocycles. The van der Waals surface area contributed by atoms with Crippen molar-refractivity contribution in [1.82, 2.24) is 0 Å². The molecule has 2 atom stereocenters. The van der Waals surface area contributed by atoms with Gasteiger partial charge in [-0.1, -0.05) is 25.2 Å². The Balaban J connectivity index is -0.000000168. The fourth-order valence-electron chi connectivity index (χ4n) is 1.45. The number of hydrogen-bond donors (Lipinski definition) is 4. The zero-order valence-corrected chi connectivity index (χ0v) is 14.5. The van der Waals surface area contributed by atoms with Gasteiger partial charge in [0.2, 0.25) is 0 Å². The normalized spacial score (nSPS) is 19.5. The first-order valence-corrected chi connectivity index (χ1v) is 6.48. The fourth-order valence-corrected chi connectivity index (χ4v) is 1.45. The van der Waals surface area contributed by atoms with Crippen LogP contribution in [0.1, 0.15) is 20.3 Å². The monoisotopic (exact) mass is 410 g/mol. The van der Waals surface area contributed by atoms with Gasteiger partial charge < -0.3 is 40.9 Å². The summed E-state index contributed by atoms with van der Waals surface area (Å²) in [6.07, 6.45) is 4.98. The number of rotatable bonds is 3. The smallest absolute Gasteiger partial charge is 0.554 e. The molecular weight excluding hydrogens is 390 g/mol. The summed E-state index contributed by atoms with van der Waals surface area (Å²) < 4.78 is 0. The van der Waals surface area contributed by atoms with E-state index in [1.165, 1.54) is 25.2 Å². The number of aliphatic hydroxyl groups excluding tert-OH is 1. The van der Waals surface area contributed by atoms with Crippen LogP contribution in [0.25, 0.3) is 0 Å². The maximum absolute atomic E-state index is 10.8. The van der Waals surface area contributed by atoms with Gasteiger partial charge in [-0.2, -0.15) is 0 Å². The summed E-state index contributed by atoms with van der Waals surface area (Å²) in [5.41, 5.74) is 4.23. The number of carbonyl (C=O) groups excluding carboxylic acids is 2. The maximum Gasteiger partial charge on any atom is 2.00 e. The maximum atomic E-state index is 10.8. The van der Waals surface area contributed by atoms with Gasteiger partial charge in [0.05, 0.1) is 17.0 Å². The molecule has 5 N–H and O–H groups in total. The van der Waals surface area contributed by atoms with Gasteiger partial charge in [-0.3, -0.25) is 4.79 Å². The van der Waals surface area contributed by atoms with Crippen molar-refractivity contribution in [2.75, 3.05) is 6.61 Å². The van der Waals surface area contributed by atoms with Gasteiger partial charge in [0, 0.05) is 19.6 Å². The Morgan fingerprint density at radius 3 is 1.88 bits per heavy atom. The van der Waals surface area contributed by atoms with Gasteiger partial charge in [-0.25, -0.2) is 4.79 Å². The predicted octanol–water partition coefficient (Wildman–Crippen LogP) is -2.90. The number of nitrogens with two attached hydrogens (primary N) is 1. The molecule has 0 saturated heterocycles. The summed E-state index contributed by atoms with van der Waals surface area (Å²) >= 11 is 0. The van der Waals surface area contributed by atoms with E-state index in [4.69, 9.17) is 40.9 Å². The van der Waals surface area contributed by atoms with Crippen LogP contribution in [0, 0.1) is 5.92 Å². The van der Waals surface area contributed by atoms with Crippen LogP contribution in [0.2, 0.25) is 0 Å². The molecule has 0 saturated carbocycles. The number of allylic oxidation sites excluding steroid dienone is 2. The topological polar surface area (TPSA) is 201 Å².